The molecule has 7 nitrogen and oxygen atoms in total. The van der Waals surface area contributed by atoms with E-state index in [9.17, 15) is 15.3 Å². The van der Waals surface area contributed by atoms with Gasteiger partial charge in [0, 0.05) is 10.5 Å². The van der Waals surface area contributed by atoms with Crippen molar-refractivity contribution in [3.8, 4) is 11.5 Å². The van der Waals surface area contributed by atoms with E-state index in [0.717, 1.165) is 0 Å². The van der Waals surface area contributed by atoms with Gasteiger partial charge >= 0.3 is 0 Å². The number of aromatic hydroxyl groups is 1. The molecule has 98 valence electrons. The maximum atomic E-state index is 9.87. The van der Waals surface area contributed by atoms with Crippen LogP contribution in [0.25, 0.3) is 10.4 Å². The summed E-state index contributed by atoms with van der Waals surface area (Å²) < 4.78 is 5.11. The van der Waals surface area contributed by atoms with Crippen molar-refractivity contribution in [2.75, 3.05) is 13.7 Å². The first kappa shape index (κ1) is 14.6. The van der Waals surface area contributed by atoms with Crippen LogP contribution >= 0.6 is 15.9 Å². The second-order valence-electron chi connectivity index (χ2n) is 3.45. The highest BCUT2D eigenvalue weighted by Gasteiger charge is 2.22. The van der Waals surface area contributed by atoms with Gasteiger partial charge < -0.3 is 20.1 Å². The van der Waals surface area contributed by atoms with Gasteiger partial charge in [0.05, 0.1) is 24.2 Å². The van der Waals surface area contributed by atoms with Gasteiger partial charge in [-0.3, -0.25) is 0 Å². The van der Waals surface area contributed by atoms with Gasteiger partial charge in [0.2, 0.25) is 0 Å². The molecule has 2 atom stereocenters. The molecule has 0 spiro atoms. The minimum atomic E-state index is -1.29. The molecule has 1 rings (SSSR count). The SMILES string of the molecule is COc1ccc(C(O)C(O)CN=[N+]=[N-])c(Br)c1O. The fraction of sp³-hybridized carbons (Fsp3) is 0.400. The zero-order chi connectivity index (χ0) is 13.7. The third kappa shape index (κ3) is 3.05. The number of hydrogen-bond acceptors (Lipinski definition) is 5. The van der Waals surface area contributed by atoms with Crippen molar-refractivity contribution in [3.63, 3.8) is 0 Å². The number of rotatable bonds is 5. The van der Waals surface area contributed by atoms with Crippen LogP contribution in [0.4, 0.5) is 0 Å². The molecule has 0 bridgehead atoms. The van der Waals surface area contributed by atoms with E-state index in [1.807, 2.05) is 0 Å². The van der Waals surface area contributed by atoms with Crippen LogP contribution in [0.3, 0.4) is 0 Å². The first-order valence-corrected chi connectivity index (χ1v) is 5.74. The lowest BCUT2D eigenvalue weighted by atomic mass is 10.0. The van der Waals surface area contributed by atoms with Gasteiger partial charge in [0.15, 0.2) is 11.5 Å². The van der Waals surface area contributed by atoms with Crippen molar-refractivity contribution in [1.82, 2.24) is 0 Å². The largest absolute Gasteiger partial charge is 0.503 e. The third-order valence-corrected chi connectivity index (χ3v) is 3.18. The zero-order valence-electron chi connectivity index (χ0n) is 9.49. The van der Waals surface area contributed by atoms with Crippen molar-refractivity contribution in [2.45, 2.75) is 12.2 Å². The van der Waals surface area contributed by atoms with E-state index in [-0.39, 0.29) is 28.1 Å². The predicted octanol–water partition coefficient (Wildman–Crippen LogP) is 1.87. The van der Waals surface area contributed by atoms with E-state index in [1.165, 1.54) is 19.2 Å². The van der Waals surface area contributed by atoms with Crippen LogP contribution in [-0.2, 0) is 0 Å². The van der Waals surface area contributed by atoms with Gasteiger partial charge in [-0.1, -0.05) is 11.2 Å². The maximum Gasteiger partial charge on any atom is 0.172 e. The highest BCUT2D eigenvalue weighted by Crippen LogP contribution is 2.39. The van der Waals surface area contributed by atoms with Crippen molar-refractivity contribution < 1.29 is 20.1 Å². The van der Waals surface area contributed by atoms with Crippen molar-refractivity contribution >= 4 is 15.9 Å². The summed E-state index contributed by atoms with van der Waals surface area (Å²) in [6.45, 7) is -0.267. The van der Waals surface area contributed by atoms with Crippen LogP contribution in [0.1, 0.15) is 11.7 Å². The fourth-order valence-corrected chi connectivity index (χ4v) is 1.94. The average Bonchev–Trinajstić information content (AvgIpc) is 2.38. The second kappa shape index (κ2) is 6.46. The minimum absolute atomic E-state index is 0.176. The molecule has 0 amide bonds. The first-order valence-electron chi connectivity index (χ1n) is 4.95. The quantitative estimate of drug-likeness (QED) is 0.436. The first-order chi connectivity index (χ1) is 8.52. The number of ether oxygens (including phenoxy) is 1. The molecule has 0 saturated carbocycles. The Morgan fingerprint density at radius 2 is 2.17 bits per heavy atom. The van der Waals surface area contributed by atoms with Gasteiger partial charge in [-0.2, -0.15) is 0 Å². The summed E-state index contributed by atoms with van der Waals surface area (Å²) in [5.74, 6) is 0.0624. The number of methoxy groups -OCH3 is 1. The maximum absolute atomic E-state index is 9.87. The zero-order valence-corrected chi connectivity index (χ0v) is 11.1. The molecule has 0 fully saturated rings. The molecular weight excluding hydrogens is 306 g/mol. The van der Waals surface area contributed by atoms with Crippen molar-refractivity contribution in [3.05, 3.63) is 32.6 Å². The normalized spacial score (nSPS) is 13.6. The predicted molar refractivity (Wildman–Crippen MR) is 67.3 cm³/mol. The Kier molecular flexibility index (Phi) is 5.24. The van der Waals surface area contributed by atoms with E-state index in [1.54, 1.807) is 0 Å². The summed E-state index contributed by atoms with van der Waals surface area (Å²) in [4.78, 5) is 2.49. The van der Waals surface area contributed by atoms with Gasteiger partial charge in [-0.25, -0.2) is 0 Å². The molecule has 8 heteroatoms. The standard InChI is InChI=1S/C10H12BrN3O4/c1-18-7-3-2-5(8(11)10(7)17)9(16)6(15)4-13-14-12/h2-3,6,9,15-17H,4H2,1H3. The van der Waals surface area contributed by atoms with Crippen LogP contribution in [0.2, 0.25) is 0 Å². The Balaban J connectivity index is 3.02. The Labute approximate surface area is 111 Å². The number of azide groups is 1. The van der Waals surface area contributed by atoms with Gasteiger partial charge in [-0.15, -0.1) is 0 Å². The van der Waals surface area contributed by atoms with Crippen molar-refractivity contribution in [2.24, 2.45) is 5.11 Å². The summed E-state index contributed by atoms with van der Waals surface area (Å²) in [6.07, 6.45) is -2.55. The summed E-state index contributed by atoms with van der Waals surface area (Å²) in [5.41, 5.74) is 8.41. The topological polar surface area (TPSA) is 119 Å². The van der Waals surface area contributed by atoms with Crippen LogP contribution in [0, 0.1) is 0 Å². The van der Waals surface area contributed by atoms with Crippen LogP contribution in [-0.4, -0.2) is 35.1 Å². The van der Waals surface area contributed by atoms with Gasteiger partial charge in [0.1, 0.15) is 6.10 Å². The molecule has 0 radical (unpaired) electrons. The Hall–Kier alpha value is -1.47. The number of halogens is 1. The molecule has 18 heavy (non-hydrogen) atoms. The lowest BCUT2D eigenvalue weighted by molar-refractivity contribution is 0.0238. The lowest BCUT2D eigenvalue weighted by Crippen LogP contribution is -2.21. The number of aliphatic hydroxyl groups excluding tert-OH is 2. The number of phenolic OH excluding ortho intramolecular Hbond substituents is 1. The smallest absolute Gasteiger partial charge is 0.172 e. The molecule has 0 aliphatic rings. The van der Waals surface area contributed by atoms with Gasteiger partial charge in [0.25, 0.3) is 0 Å². The number of nitrogens with zero attached hydrogens (tertiary/aromatic N) is 3. The summed E-state index contributed by atoms with van der Waals surface area (Å²) in [5, 5.41) is 32.4. The molecule has 2 unspecified atom stereocenters. The lowest BCUT2D eigenvalue weighted by Gasteiger charge is -2.19. The second-order valence-corrected chi connectivity index (χ2v) is 4.24. The summed E-state index contributed by atoms with van der Waals surface area (Å²) in [6, 6.07) is 2.95. The van der Waals surface area contributed by atoms with E-state index in [2.05, 4.69) is 26.0 Å². The monoisotopic (exact) mass is 317 g/mol. The summed E-state index contributed by atoms with van der Waals surface area (Å²) >= 11 is 3.10. The van der Waals surface area contributed by atoms with Crippen LogP contribution in [0.5, 0.6) is 11.5 Å². The molecule has 0 aromatic heterocycles. The molecule has 0 aliphatic heterocycles. The highest BCUT2D eigenvalue weighted by molar-refractivity contribution is 9.10. The number of aliphatic hydroxyl groups is 2. The Bertz CT molecular complexity index is 476. The molecule has 1 aromatic carbocycles. The van der Waals surface area contributed by atoms with Crippen LogP contribution in [0.15, 0.2) is 21.7 Å². The van der Waals surface area contributed by atoms with E-state index in [0.29, 0.717) is 0 Å². The Morgan fingerprint density at radius 1 is 1.50 bits per heavy atom. The molecule has 0 saturated heterocycles. The Morgan fingerprint density at radius 3 is 2.72 bits per heavy atom. The van der Waals surface area contributed by atoms with Crippen molar-refractivity contribution in [1.29, 1.82) is 0 Å². The molecular formula is C10H12BrN3O4. The summed E-state index contributed by atoms with van der Waals surface area (Å²) in [7, 11) is 1.40. The molecule has 0 aliphatic carbocycles. The number of hydrogen-bond donors (Lipinski definition) is 3. The number of benzene rings is 1. The van der Waals surface area contributed by atoms with Crippen LogP contribution < -0.4 is 4.74 Å². The number of phenols is 1. The molecule has 1 aromatic rings. The highest BCUT2D eigenvalue weighted by atomic mass is 79.9. The molecule has 3 N–H and O–H groups in total. The van der Waals surface area contributed by atoms with E-state index < -0.39 is 12.2 Å². The third-order valence-electron chi connectivity index (χ3n) is 2.34. The molecule has 0 heterocycles. The van der Waals surface area contributed by atoms with E-state index >= 15 is 0 Å². The fourth-order valence-electron chi connectivity index (χ4n) is 1.38. The van der Waals surface area contributed by atoms with E-state index in [4.69, 9.17) is 10.3 Å². The van der Waals surface area contributed by atoms with Gasteiger partial charge in [-0.05, 0) is 27.5 Å². The minimum Gasteiger partial charge on any atom is -0.503 e. The average molecular weight is 318 g/mol.